The van der Waals surface area contributed by atoms with E-state index in [1.807, 2.05) is 85.8 Å². The van der Waals surface area contributed by atoms with Gasteiger partial charge in [-0.05, 0) is 60.1 Å². The van der Waals surface area contributed by atoms with Gasteiger partial charge in [-0.2, -0.15) is 4.37 Å². The number of amides is 1. The number of ether oxygens (including phenoxy) is 1. The van der Waals surface area contributed by atoms with Crippen LogP contribution in [0.5, 0.6) is 0 Å². The molecule has 7 heteroatoms. The van der Waals surface area contributed by atoms with Crippen LogP contribution in [0.3, 0.4) is 0 Å². The Labute approximate surface area is 208 Å². The van der Waals surface area contributed by atoms with Gasteiger partial charge in [0.15, 0.2) is 0 Å². The van der Waals surface area contributed by atoms with Gasteiger partial charge in [-0.1, -0.05) is 78.9 Å². The van der Waals surface area contributed by atoms with Crippen LogP contribution in [0.2, 0.25) is 0 Å². The number of hydrogen-bond donors (Lipinski definition) is 2. The van der Waals surface area contributed by atoms with Crippen molar-refractivity contribution in [2.24, 2.45) is 0 Å². The normalized spacial score (nSPS) is 11.2. The van der Waals surface area contributed by atoms with Crippen molar-refractivity contribution in [3.63, 3.8) is 0 Å². The zero-order valence-corrected chi connectivity index (χ0v) is 20.6. The minimum atomic E-state index is -0.946. The Morgan fingerprint density at radius 1 is 0.914 bits per heavy atom. The first-order valence-corrected chi connectivity index (χ1v) is 11.9. The zero-order chi connectivity index (χ0) is 25.0. The second-order valence-corrected chi connectivity index (χ2v) is 9.52. The summed E-state index contributed by atoms with van der Waals surface area (Å²) < 4.78 is 9.78. The van der Waals surface area contributed by atoms with Crippen molar-refractivity contribution >= 4 is 29.3 Å². The first-order chi connectivity index (χ1) is 16.8. The number of aryl methyl sites for hydroxylation is 1. The summed E-state index contributed by atoms with van der Waals surface area (Å²) in [5.74, 6) is -0.859. The summed E-state index contributed by atoms with van der Waals surface area (Å²) in [7, 11) is 0. The van der Waals surface area contributed by atoms with E-state index in [4.69, 9.17) is 4.74 Å². The fourth-order valence-electron chi connectivity index (χ4n) is 3.59. The minimum absolute atomic E-state index is 0.190. The Morgan fingerprint density at radius 3 is 2.09 bits per heavy atom. The molecule has 0 aliphatic rings. The van der Waals surface area contributed by atoms with E-state index in [9.17, 15) is 14.7 Å². The van der Waals surface area contributed by atoms with Gasteiger partial charge in [0, 0.05) is 0 Å². The van der Waals surface area contributed by atoms with E-state index >= 15 is 0 Å². The average molecular weight is 487 g/mol. The number of nitrogens with one attached hydrogen (secondary N) is 1. The molecule has 0 fully saturated rings. The smallest absolute Gasteiger partial charge is 0.412 e. The van der Waals surface area contributed by atoms with Crippen molar-refractivity contribution in [3.8, 4) is 21.6 Å². The van der Waals surface area contributed by atoms with E-state index in [0.29, 0.717) is 5.69 Å². The number of rotatable bonds is 7. The predicted octanol–water partition coefficient (Wildman–Crippen LogP) is 6.90. The quantitative estimate of drug-likeness (QED) is 0.297. The van der Waals surface area contributed by atoms with E-state index < -0.39 is 17.5 Å². The molecule has 178 valence electrons. The highest BCUT2D eigenvalue weighted by Crippen LogP contribution is 2.36. The van der Waals surface area contributed by atoms with Crippen molar-refractivity contribution < 1.29 is 19.4 Å². The molecule has 0 atom stereocenters. The van der Waals surface area contributed by atoms with Gasteiger partial charge in [0.25, 0.3) is 0 Å². The Balaban J connectivity index is 1.48. The number of benzene rings is 3. The van der Waals surface area contributed by atoms with E-state index in [2.05, 4.69) is 9.69 Å². The summed E-state index contributed by atoms with van der Waals surface area (Å²) in [4.78, 5) is 24.8. The summed E-state index contributed by atoms with van der Waals surface area (Å²) in [6.07, 6.45) is -0.528. The molecule has 0 aliphatic heterocycles. The topological polar surface area (TPSA) is 88.5 Å². The number of carboxylic acid groups (broad SMARTS) is 1. The number of nitrogens with zero attached hydrogens (tertiary/aromatic N) is 1. The summed E-state index contributed by atoms with van der Waals surface area (Å²) >= 11 is 1.32. The maximum absolute atomic E-state index is 12.4. The fraction of sp³-hybridized carbons (Fsp3) is 0.179. The van der Waals surface area contributed by atoms with Crippen LogP contribution >= 0.6 is 11.5 Å². The Hall–Kier alpha value is -3.97. The van der Waals surface area contributed by atoms with Gasteiger partial charge in [-0.25, -0.2) is 4.79 Å². The first kappa shape index (κ1) is 24.2. The molecule has 0 saturated heterocycles. The van der Waals surface area contributed by atoms with Gasteiger partial charge >= 0.3 is 12.1 Å². The summed E-state index contributed by atoms with van der Waals surface area (Å²) in [6, 6.07) is 25.1. The van der Waals surface area contributed by atoms with Gasteiger partial charge in [0.05, 0.1) is 21.7 Å². The molecule has 0 bridgehead atoms. The molecule has 1 aromatic heterocycles. The van der Waals surface area contributed by atoms with E-state index in [-0.39, 0.29) is 6.61 Å². The fourth-order valence-corrected chi connectivity index (χ4v) is 4.44. The lowest BCUT2D eigenvalue weighted by Crippen LogP contribution is -2.28. The molecule has 2 N–H and O–H groups in total. The van der Waals surface area contributed by atoms with Crippen LogP contribution in [0.4, 0.5) is 10.5 Å². The third kappa shape index (κ3) is 5.41. The standard InChI is InChI=1S/C28H26N2O4S/c1-18-24(29-27(33)34-17-19-7-5-4-6-8-19)25(35-30-18)22-11-9-20(10-12-22)21-13-15-23(16-14-21)28(2,3)26(31)32/h4-16H,17H2,1-3H3,(H,29,33)(H,31,32). The van der Waals surface area contributed by atoms with Crippen LogP contribution in [0, 0.1) is 6.92 Å². The molecule has 3 aromatic carbocycles. The van der Waals surface area contributed by atoms with Gasteiger partial charge < -0.3 is 9.84 Å². The second kappa shape index (κ2) is 10.1. The number of aromatic nitrogens is 1. The highest BCUT2D eigenvalue weighted by Gasteiger charge is 2.29. The van der Waals surface area contributed by atoms with Crippen molar-refractivity contribution in [2.45, 2.75) is 32.8 Å². The van der Waals surface area contributed by atoms with Crippen LogP contribution < -0.4 is 5.32 Å². The van der Waals surface area contributed by atoms with Gasteiger partial charge in [-0.3, -0.25) is 10.1 Å². The third-order valence-corrected chi connectivity index (χ3v) is 6.91. The first-order valence-electron chi connectivity index (χ1n) is 11.1. The number of carbonyl (C=O) groups excluding carboxylic acids is 1. The third-order valence-electron chi connectivity index (χ3n) is 5.92. The molecular formula is C28H26N2O4S. The molecule has 4 rings (SSSR count). The molecule has 0 radical (unpaired) electrons. The number of hydrogen-bond acceptors (Lipinski definition) is 5. The van der Waals surface area contributed by atoms with Gasteiger partial charge in [-0.15, -0.1) is 0 Å². The number of carboxylic acids is 1. The molecule has 0 unspecified atom stereocenters. The number of aliphatic carboxylic acids is 1. The zero-order valence-electron chi connectivity index (χ0n) is 19.7. The van der Waals surface area contributed by atoms with Crippen molar-refractivity contribution in [1.82, 2.24) is 4.37 Å². The predicted molar refractivity (Wildman–Crippen MR) is 139 cm³/mol. The highest BCUT2D eigenvalue weighted by molar-refractivity contribution is 7.10. The van der Waals surface area contributed by atoms with Crippen LogP contribution in [-0.4, -0.2) is 21.5 Å². The Morgan fingerprint density at radius 2 is 1.49 bits per heavy atom. The lowest BCUT2D eigenvalue weighted by atomic mass is 9.84. The van der Waals surface area contributed by atoms with E-state index in [1.54, 1.807) is 13.8 Å². The summed E-state index contributed by atoms with van der Waals surface area (Å²) in [5, 5.41) is 12.3. The molecule has 0 saturated carbocycles. The van der Waals surface area contributed by atoms with Gasteiger partial charge in [0.1, 0.15) is 6.61 Å². The molecule has 0 spiro atoms. The van der Waals surface area contributed by atoms with Crippen LogP contribution in [0.1, 0.15) is 30.7 Å². The van der Waals surface area contributed by atoms with E-state index in [1.165, 1.54) is 11.5 Å². The minimum Gasteiger partial charge on any atom is -0.481 e. The second-order valence-electron chi connectivity index (χ2n) is 8.74. The number of anilines is 1. The van der Waals surface area contributed by atoms with Crippen molar-refractivity contribution in [1.29, 1.82) is 0 Å². The number of carbonyl (C=O) groups is 2. The summed E-state index contributed by atoms with van der Waals surface area (Å²) in [6.45, 7) is 5.43. The maximum atomic E-state index is 12.4. The largest absolute Gasteiger partial charge is 0.481 e. The van der Waals surface area contributed by atoms with E-state index in [0.717, 1.165) is 38.4 Å². The SMILES string of the molecule is Cc1nsc(-c2ccc(-c3ccc(C(C)(C)C(=O)O)cc3)cc2)c1NC(=O)OCc1ccccc1. The lowest BCUT2D eigenvalue weighted by Gasteiger charge is -2.19. The Bertz CT molecular complexity index is 1330. The molecule has 4 aromatic rings. The highest BCUT2D eigenvalue weighted by atomic mass is 32.1. The van der Waals surface area contributed by atoms with Gasteiger partial charge in [0.2, 0.25) is 0 Å². The molecule has 1 amide bonds. The van der Waals surface area contributed by atoms with Crippen LogP contribution in [0.15, 0.2) is 78.9 Å². The molecule has 1 heterocycles. The maximum Gasteiger partial charge on any atom is 0.412 e. The van der Waals surface area contributed by atoms with Crippen LogP contribution in [-0.2, 0) is 21.6 Å². The molecule has 6 nitrogen and oxygen atoms in total. The lowest BCUT2D eigenvalue weighted by molar-refractivity contribution is -0.142. The summed E-state index contributed by atoms with van der Waals surface area (Å²) in [5.41, 5.74) is 5.01. The molecule has 35 heavy (non-hydrogen) atoms. The monoisotopic (exact) mass is 486 g/mol. The Kier molecular flexibility index (Phi) is 6.98. The van der Waals surface area contributed by atoms with Crippen molar-refractivity contribution in [3.05, 3.63) is 95.7 Å². The van der Waals surface area contributed by atoms with Crippen molar-refractivity contribution in [2.75, 3.05) is 5.32 Å². The average Bonchev–Trinajstić information content (AvgIpc) is 3.23. The molecular weight excluding hydrogens is 460 g/mol. The van der Waals surface area contributed by atoms with Crippen LogP contribution in [0.25, 0.3) is 21.6 Å². The molecule has 0 aliphatic carbocycles.